The van der Waals surface area contributed by atoms with Crippen LogP contribution >= 0.6 is 0 Å². The predicted molar refractivity (Wildman–Crippen MR) is 111 cm³/mol. The van der Waals surface area contributed by atoms with Crippen LogP contribution in [0.1, 0.15) is 96.8 Å². The number of hydrogen-bond acceptors (Lipinski definition) is 5. The minimum absolute atomic E-state index is 0. The van der Waals surface area contributed by atoms with Crippen LogP contribution in [0.3, 0.4) is 0 Å². The van der Waals surface area contributed by atoms with Crippen molar-refractivity contribution in [1.82, 2.24) is 0 Å². The Kier molecular flexibility index (Phi) is 20.2. The second-order valence-corrected chi connectivity index (χ2v) is 8.61. The summed E-state index contributed by atoms with van der Waals surface area (Å²) < 4.78 is 35.8. The van der Waals surface area contributed by atoms with Gasteiger partial charge in [-0.25, -0.2) is 0 Å². The van der Waals surface area contributed by atoms with Crippen LogP contribution < -0.4 is 0 Å². The molecule has 162 valence electrons. The molecule has 1 unspecified atom stereocenters. The molecule has 1 atom stereocenters. The molecule has 0 aromatic heterocycles. The van der Waals surface area contributed by atoms with Gasteiger partial charge in [0.1, 0.15) is 0 Å². The molecule has 0 aliphatic carbocycles. The maximum atomic E-state index is 11.6. The van der Waals surface area contributed by atoms with Gasteiger partial charge in [0, 0.05) is 0 Å². The number of unbranched alkanes of at least 4 members (excludes halogenated alkanes) is 12. The van der Waals surface area contributed by atoms with Gasteiger partial charge in [-0.05, 0) is 6.42 Å². The monoisotopic (exact) mass is 432 g/mol. The molecular weight excluding hydrogens is 395 g/mol. The zero-order valence-electron chi connectivity index (χ0n) is 16.5. The van der Waals surface area contributed by atoms with Crippen LogP contribution in [0.25, 0.3) is 0 Å². The van der Waals surface area contributed by atoms with Gasteiger partial charge in [-0.1, -0.05) is 84.0 Å². The number of rotatable bonds is 18. The molecule has 0 radical (unpaired) electrons. The summed E-state index contributed by atoms with van der Waals surface area (Å²) in [6.45, 7) is 2.25. The molecule has 0 aliphatic rings. The van der Waals surface area contributed by atoms with E-state index in [4.69, 9.17) is 14.4 Å². The Hall–Kier alpha value is -0.150. The van der Waals surface area contributed by atoms with E-state index in [1.54, 1.807) is 0 Å². The first-order chi connectivity index (χ1) is 12.8. The van der Waals surface area contributed by atoms with Gasteiger partial charge in [0.2, 0.25) is 0 Å². The number of carboxylic acid groups (broad SMARTS) is 1. The van der Waals surface area contributed by atoms with Crippen LogP contribution in [0, 0.1) is 0 Å². The first-order valence-electron chi connectivity index (χ1n) is 10.1. The van der Waals surface area contributed by atoms with E-state index in [9.17, 15) is 18.0 Å². The van der Waals surface area contributed by atoms with Gasteiger partial charge in [-0.3, -0.25) is 14.1 Å². The normalized spacial score (nSPS) is 12.2. The summed E-state index contributed by atoms with van der Waals surface area (Å²) in [5, 5.41) is 6.55. The second kappa shape index (κ2) is 18.9. The molecule has 9 heteroatoms. The van der Waals surface area contributed by atoms with Gasteiger partial charge in [0.25, 0.3) is 10.1 Å². The van der Waals surface area contributed by atoms with E-state index in [0.717, 1.165) is 19.3 Å². The molecule has 0 aromatic carbocycles. The summed E-state index contributed by atoms with van der Waals surface area (Å²) in [6, 6.07) is 0. The summed E-state index contributed by atoms with van der Waals surface area (Å²) in [7, 11) is -4.78. The van der Waals surface area contributed by atoms with Gasteiger partial charge in [0.15, 0.2) is 5.25 Å². The van der Waals surface area contributed by atoms with Crippen LogP contribution in [0.15, 0.2) is 0 Å². The van der Waals surface area contributed by atoms with Crippen LogP contribution in [0.5, 0.6) is 0 Å². The first-order valence-corrected chi connectivity index (χ1v) is 11.6. The van der Waals surface area contributed by atoms with Crippen LogP contribution in [-0.4, -0.2) is 71.4 Å². The van der Waals surface area contributed by atoms with Crippen LogP contribution in [-0.2, 0) is 24.4 Å². The van der Waals surface area contributed by atoms with E-state index < -0.39 is 33.7 Å². The fraction of sp³-hybridized carbons (Fsp3) is 0.895. The van der Waals surface area contributed by atoms with E-state index >= 15 is 0 Å². The molecule has 0 bridgehead atoms. The Bertz CT molecular complexity index is 508. The van der Waals surface area contributed by atoms with E-state index in [-0.39, 0.29) is 36.2 Å². The number of ether oxygens (including phenoxy) is 1. The SMILES string of the molecule is CCCCCCCCCCCCCCCOC(=O)C(CC(=O)O)S(=O)(=O)O.[NaH]. The van der Waals surface area contributed by atoms with Crippen molar-refractivity contribution < 1.29 is 32.4 Å². The molecule has 0 heterocycles. The van der Waals surface area contributed by atoms with Crippen molar-refractivity contribution in [1.29, 1.82) is 0 Å². The average molecular weight is 433 g/mol. The third-order valence-electron chi connectivity index (χ3n) is 4.47. The summed E-state index contributed by atoms with van der Waals surface area (Å²) in [6.07, 6.45) is 14.3. The molecule has 0 saturated carbocycles. The van der Waals surface area contributed by atoms with Gasteiger partial charge >= 0.3 is 41.5 Å². The molecule has 0 aliphatic heterocycles. The number of carbonyl (C=O) groups excluding carboxylic acids is 1. The summed E-state index contributed by atoms with van der Waals surface area (Å²) >= 11 is 0. The van der Waals surface area contributed by atoms with Crippen molar-refractivity contribution >= 4 is 51.6 Å². The van der Waals surface area contributed by atoms with Crippen molar-refractivity contribution in [3.05, 3.63) is 0 Å². The molecule has 0 saturated heterocycles. The summed E-state index contributed by atoms with van der Waals surface area (Å²) in [5.74, 6) is -2.70. The molecule has 0 amide bonds. The van der Waals surface area contributed by atoms with Crippen LogP contribution in [0.2, 0.25) is 0 Å². The molecule has 0 fully saturated rings. The third-order valence-corrected chi connectivity index (χ3v) is 5.55. The Morgan fingerprint density at radius 1 is 0.821 bits per heavy atom. The Morgan fingerprint density at radius 3 is 1.57 bits per heavy atom. The van der Waals surface area contributed by atoms with Crippen molar-refractivity contribution in [2.75, 3.05) is 6.61 Å². The number of aliphatic carboxylic acids is 1. The Balaban J connectivity index is 0. The predicted octanol–water partition coefficient (Wildman–Crippen LogP) is 3.70. The summed E-state index contributed by atoms with van der Waals surface area (Å²) in [4.78, 5) is 22.2. The third kappa shape index (κ3) is 17.9. The van der Waals surface area contributed by atoms with Crippen molar-refractivity contribution in [3.63, 3.8) is 0 Å². The maximum absolute atomic E-state index is 11.6. The van der Waals surface area contributed by atoms with Crippen molar-refractivity contribution in [2.45, 2.75) is 102 Å². The standard InChI is InChI=1S/C19H36O7S.Na.H/c1-2-3-4-5-6-7-8-9-10-11-12-13-14-15-26-19(22)17(16-18(20)21)27(23,24)25;;/h17H,2-16H2,1H3,(H,20,21)(H,23,24,25);;. The van der Waals surface area contributed by atoms with E-state index in [1.165, 1.54) is 57.8 Å². The number of esters is 1. The number of hydrogen-bond donors (Lipinski definition) is 2. The molecule has 0 rings (SSSR count). The molecule has 0 spiro atoms. The molecule has 7 nitrogen and oxygen atoms in total. The molecule has 28 heavy (non-hydrogen) atoms. The van der Waals surface area contributed by atoms with Crippen LogP contribution in [0.4, 0.5) is 0 Å². The zero-order chi connectivity index (χ0) is 20.5. The van der Waals surface area contributed by atoms with E-state index in [1.807, 2.05) is 0 Å². The fourth-order valence-corrected chi connectivity index (χ4v) is 3.52. The number of carboxylic acids is 1. The van der Waals surface area contributed by atoms with Gasteiger partial charge in [-0.15, -0.1) is 0 Å². The van der Waals surface area contributed by atoms with Crippen molar-refractivity contribution in [2.24, 2.45) is 0 Å². The Morgan fingerprint density at radius 2 is 1.21 bits per heavy atom. The minimum atomic E-state index is -4.78. The van der Waals surface area contributed by atoms with E-state index in [0.29, 0.717) is 6.42 Å². The molecule has 2 N–H and O–H groups in total. The molecular formula is C19H37NaO7S. The second-order valence-electron chi connectivity index (χ2n) is 7.01. The summed E-state index contributed by atoms with van der Waals surface area (Å²) in [5.41, 5.74) is 0. The van der Waals surface area contributed by atoms with Gasteiger partial charge in [-0.2, -0.15) is 8.42 Å². The zero-order valence-corrected chi connectivity index (χ0v) is 17.3. The fourth-order valence-electron chi connectivity index (χ4n) is 2.85. The van der Waals surface area contributed by atoms with Gasteiger partial charge < -0.3 is 9.84 Å². The Labute approximate surface area is 192 Å². The average Bonchev–Trinajstić information content (AvgIpc) is 2.58. The number of carbonyl (C=O) groups is 2. The topological polar surface area (TPSA) is 118 Å². The first kappa shape index (κ1) is 30.0. The van der Waals surface area contributed by atoms with Gasteiger partial charge in [0.05, 0.1) is 13.0 Å². The molecule has 0 aromatic rings. The van der Waals surface area contributed by atoms with Crippen molar-refractivity contribution in [3.8, 4) is 0 Å². The quantitative estimate of drug-likeness (QED) is 0.147. The van der Waals surface area contributed by atoms with E-state index in [2.05, 4.69) is 6.92 Å².